The minimum absolute atomic E-state index is 0.548. The summed E-state index contributed by atoms with van der Waals surface area (Å²) < 4.78 is 17.6. The van der Waals surface area contributed by atoms with E-state index in [2.05, 4.69) is 63.3 Å². The molecule has 0 saturated heterocycles. The molecule has 6 rings (SSSR count). The Labute approximate surface area is 179 Å². The number of furan rings is 2. The molecule has 4 heterocycles. The zero-order valence-corrected chi connectivity index (χ0v) is 17.4. The van der Waals surface area contributed by atoms with Gasteiger partial charge in [0.15, 0.2) is 0 Å². The number of hydrogen-bond acceptors (Lipinski definition) is 7. The van der Waals surface area contributed by atoms with Crippen LogP contribution in [0.1, 0.15) is 0 Å². The Morgan fingerprint density at radius 2 is 1.65 bits per heavy atom. The minimum Gasteiger partial charge on any atom is -0.457 e. The molecule has 7 heteroatoms. The van der Waals surface area contributed by atoms with E-state index in [1.807, 2.05) is 37.4 Å². The van der Waals surface area contributed by atoms with Crippen LogP contribution in [0.3, 0.4) is 0 Å². The Kier molecular flexibility index (Phi) is 3.89. The standard InChI is InChI=1S/C24H22N4O3/c1-25-10-11-27(15-25)17-5-3-7-19(13-17)30-20-8-4-6-18(14-20)28-16-26(2)23-22(28)21-9-12-29-24(21)31-23/h3-14H,15-16H2,1-2H3. The van der Waals surface area contributed by atoms with E-state index in [-0.39, 0.29) is 0 Å². The van der Waals surface area contributed by atoms with Crippen LogP contribution in [0.15, 0.2) is 82.1 Å². The maximum atomic E-state index is 6.23. The van der Waals surface area contributed by atoms with Crippen LogP contribution in [0.4, 0.5) is 22.9 Å². The molecule has 0 fully saturated rings. The molecule has 0 unspecified atom stereocenters. The summed E-state index contributed by atoms with van der Waals surface area (Å²) in [5, 5.41) is 0.974. The summed E-state index contributed by atoms with van der Waals surface area (Å²) >= 11 is 0. The molecule has 2 aromatic carbocycles. The van der Waals surface area contributed by atoms with Gasteiger partial charge in [-0.05, 0) is 30.3 Å². The largest absolute Gasteiger partial charge is 0.457 e. The van der Waals surface area contributed by atoms with Gasteiger partial charge in [0.25, 0.3) is 0 Å². The Morgan fingerprint density at radius 3 is 2.42 bits per heavy atom. The van der Waals surface area contributed by atoms with Crippen LogP contribution < -0.4 is 19.4 Å². The number of fused-ring (bicyclic) bond motifs is 3. The highest BCUT2D eigenvalue weighted by molar-refractivity contribution is 6.00. The minimum atomic E-state index is 0.548. The average Bonchev–Trinajstić information content (AvgIpc) is 3.52. The number of rotatable bonds is 4. The molecule has 7 nitrogen and oxygen atoms in total. The second-order valence-corrected chi connectivity index (χ2v) is 7.91. The number of anilines is 4. The van der Waals surface area contributed by atoms with Crippen LogP contribution in [0.2, 0.25) is 0 Å². The molecule has 0 spiro atoms. The predicted molar refractivity (Wildman–Crippen MR) is 121 cm³/mol. The SMILES string of the molecule is CN1C=CN(c2cccc(Oc3cccc(N4CN(C)c5oc6occc6c54)c3)c2)C1. The van der Waals surface area contributed by atoms with E-state index < -0.39 is 0 Å². The van der Waals surface area contributed by atoms with Crippen molar-refractivity contribution in [2.45, 2.75) is 0 Å². The van der Waals surface area contributed by atoms with Crippen LogP contribution in [0, 0.1) is 0 Å². The third kappa shape index (κ3) is 2.97. The fourth-order valence-corrected chi connectivity index (χ4v) is 4.15. The smallest absolute Gasteiger partial charge is 0.301 e. The van der Waals surface area contributed by atoms with E-state index in [1.54, 1.807) is 6.26 Å². The molecular weight excluding hydrogens is 392 g/mol. The summed E-state index contributed by atoms with van der Waals surface area (Å²) in [6, 6.07) is 18.2. The van der Waals surface area contributed by atoms with Crippen molar-refractivity contribution in [1.82, 2.24) is 4.90 Å². The van der Waals surface area contributed by atoms with Crippen molar-refractivity contribution in [2.75, 3.05) is 42.1 Å². The van der Waals surface area contributed by atoms with Crippen molar-refractivity contribution in [1.29, 1.82) is 0 Å². The number of ether oxygens (including phenoxy) is 1. The molecule has 2 aliphatic heterocycles. The van der Waals surface area contributed by atoms with Gasteiger partial charge in [-0.1, -0.05) is 12.1 Å². The first kappa shape index (κ1) is 17.8. The summed E-state index contributed by atoms with van der Waals surface area (Å²) in [7, 11) is 4.07. The number of nitrogens with zero attached hydrogens (tertiary/aromatic N) is 4. The molecule has 2 aliphatic rings. The highest BCUT2D eigenvalue weighted by Gasteiger charge is 2.32. The fourth-order valence-electron chi connectivity index (χ4n) is 4.15. The van der Waals surface area contributed by atoms with E-state index in [4.69, 9.17) is 13.6 Å². The molecule has 0 bridgehead atoms. The second kappa shape index (κ2) is 6.77. The van der Waals surface area contributed by atoms with E-state index >= 15 is 0 Å². The van der Waals surface area contributed by atoms with Gasteiger partial charge in [-0.3, -0.25) is 0 Å². The molecule has 0 saturated carbocycles. The first-order chi connectivity index (χ1) is 15.2. The van der Waals surface area contributed by atoms with E-state index in [0.717, 1.165) is 46.5 Å². The Balaban J connectivity index is 1.29. The first-order valence-corrected chi connectivity index (χ1v) is 10.2. The van der Waals surface area contributed by atoms with Crippen molar-refractivity contribution in [3.05, 3.63) is 73.3 Å². The monoisotopic (exact) mass is 414 g/mol. The molecule has 0 N–H and O–H groups in total. The number of benzene rings is 2. The normalized spacial score (nSPS) is 15.4. The molecule has 31 heavy (non-hydrogen) atoms. The van der Waals surface area contributed by atoms with Gasteiger partial charge in [0.2, 0.25) is 5.88 Å². The van der Waals surface area contributed by atoms with Crippen LogP contribution in [-0.4, -0.2) is 32.3 Å². The van der Waals surface area contributed by atoms with Gasteiger partial charge in [-0.2, -0.15) is 0 Å². The molecule has 4 aromatic rings. The first-order valence-electron chi connectivity index (χ1n) is 10.2. The van der Waals surface area contributed by atoms with Crippen LogP contribution in [0.25, 0.3) is 11.2 Å². The van der Waals surface area contributed by atoms with E-state index in [1.165, 1.54) is 0 Å². The van der Waals surface area contributed by atoms with Gasteiger partial charge < -0.3 is 33.2 Å². The highest BCUT2D eigenvalue weighted by Crippen LogP contribution is 2.47. The lowest BCUT2D eigenvalue weighted by Gasteiger charge is -2.20. The van der Waals surface area contributed by atoms with Crippen LogP contribution in [-0.2, 0) is 0 Å². The summed E-state index contributed by atoms with van der Waals surface area (Å²) in [5.74, 6) is 2.95. The fraction of sp³-hybridized carbons (Fsp3) is 0.167. The van der Waals surface area contributed by atoms with E-state index in [0.29, 0.717) is 12.4 Å². The van der Waals surface area contributed by atoms with Crippen molar-refractivity contribution in [2.24, 2.45) is 0 Å². The maximum absolute atomic E-state index is 6.23. The summed E-state index contributed by atoms with van der Waals surface area (Å²) in [4.78, 5) is 8.60. The van der Waals surface area contributed by atoms with Crippen LogP contribution >= 0.6 is 0 Å². The third-order valence-corrected chi connectivity index (χ3v) is 5.64. The molecule has 0 amide bonds. The van der Waals surface area contributed by atoms with Gasteiger partial charge in [0.05, 0.1) is 25.0 Å². The van der Waals surface area contributed by atoms with Gasteiger partial charge in [-0.25, -0.2) is 0 Å². The third-order valence-electron chi connectivity index (χ3n) is 5.64. The zero-order valence-electron chi connectivity index (χ0n) is 17.4. The van der Waals surface area contributed by atoms with Gasteiger partial charge >= 0.3 is 5.78 Å². The average molecular weight is 414 g/mol. The number of hydrogen-bond donors (Lipinski definition) is 0. The molecular formula is C24H22N4O3. The lowest BCUT2D eigenvalue weighted by molar-refractivity contribution is 0.479. The molecule has 0 atom stereocenters. The lowest BCUT2D eigenvalue weighted by atomic mass is 10.2. The Bertz CT molecular complexity index is 1290. The maximum Gasteiger partial charge on any atom is 0.301 e. The molecule has 2 aromatic heterocycles. The predicted octanol–water partition coefficient (Wildman–Crippen LogP) is 5.54. The molecule has 0 radical (unpaired) electrons. The van der Waals surface area contributed by atoms with Gasteiger partial charge in [-0.15, -0.1) is 0 Å². The quantitative estimate of drug-likeness (QED) is 0.434. The Morgan fingerprint density at radius 1 is 0.871 bits per heavy atom. The second-order valence-electron chi connectivity index (χ2n) is 7.91. The molecule has 0 aliphatic carbocycles. The van der Waals surface area contributed by atoms with Crippen LogP contribution in [0.5, 0.6) is 11.5 Å². The van der Waals surface area contributed by atoms with E-state index in [9.17, 15) is 0 Å². The van der Waals surface area contributed by atoms with Crippen molar-refractivity contribution in [3.8, 4) is 11.5 Å². The van der Waals surface area contributed by atoms with Gasteiger partial charge in [0.1, 0.15) is 17.2 Å². The molecule has 156 valence electrons. The van der Waals surface area contributed by atoms with Gasteiger partial charge in [0, 0.05) is 50.0 Å². The lowest BCUT2D eigenvalue weighted by Crippen LogP contribution is -2.24. The topological polar surface area (TPSA) is 48.5 Å². The van der Waals surface area contributed by atoms with Crippen molar-refractivity contribution < 1.29 is 13.6 Å². The summed E-state index contributed by atoms with van der Waals surface area (Å²) in [5.41, 5.74) is 3.16. The summed E-state index contributed by atoms with van der Waals surface area (Å²) in [6.07, 6.45) is 5.79. The summed E-state index contributed by atoms with van der Waals surface area (Å²) in [6.45, 7) is 1.53. The van der Waals surface area contributed by atoms with Crippen molar-refractivity contribution >= 4 is 34.1 Å². The Hall–Kier alpha value is -4.00. The zero-order chi connectivity index (χ0) is 20.9. The van der Waals surface area contributed by atoms with Crippen molar-refractivity contribution in [3.63, 3.8) is 0 Å². The highest BCUT2D eigenvalue weighted by atomic mass is 16.5.